The van der Waals surface area contributed by atoms with E-state index in [2.05, 4.69) is 32.3 Å². The van der Waals surface area contributed by atoms with Crippen molar-refractivity contribution in [2.24, 2.45) is 0 Å². The average molecular weight is 479 g/mol. The molecule has 0 atom stereocenters. The van der Waals surface area contributed by atoms with Crippen molar-refractivity contribution < 1.29 is 19.4 Å². The van der Waals surface area contributed by atoms with Gasteiger partial charge in [0.15, 0.2) is 0 Å². The summed E-state index contributed by atoms with van der Waals surface area (Å²) in [6.45, 7) is 1.96. The average Bonchev–Trinajstić information content (AvgIpc) is 3.32. The van der Waals surface area contributed by atoms with Crippen molar-refractivity contribution in [2.45, 2.75) is 32.1 Å². The number of carboxylic acid groups (broad SMARTS) is 1. The summed E-state index contributed by atoms with van der Waals surface area (Å²) in [5.74, 6) is 1.40. The highest BCUT2D eigenvalue weighted by Crippen LogP contribution is 2.44. The Morgan fingerprint density at radius 1 is 1.54 bits per heavy atom. The van der Waals surface area contributed by atoms with Crippen molar-refractivity contribution in [2.75, 3.05) is 12.4 Å². The fourth-order valence-corrected chi connectivity index (χ4v) is 4.54. The van der Waals surface area contributed by atoms with Gasteiger partial charge in [-0.15, -0.1) is 11.3 Å². The van der Waals surface area contributed by atoms with Crippen LogP contribution in [-0.4, -0.2) is 34.9 Å². The molecule has 0 radical (unpaired) electrons. The van der Waals surface area contributed by atoms with Crippen LogP contribution in [0.15, 0.2) is 12.1 Å². The molecular weight excluding hydrogens is 461 g/mol. The molecule has 0 aromatic carbocycles. The maximum absolute atomic E-state index is 12.0. The molecular formula is C16H18INO4S2. The third kappa shape index (κ3) is 5.06. The molecule has 0 spiro atoms. The Hall–Kier alpha value is -0.870. The number of aromatic nitrogens is 1. The molecule has 0 amide bonds. The normalized spacial score (nSPS) is 13.2. The standard InChI is InChI=1S/C15H16INO2S2.CH2O2/c1-2-19-15(18)13-8-11(9-3-4-9)12-7-10(5-6-20-16)21-14(12)17-13;2-1-3/h7-9H,2-6H2,1H3;1H,(H,2,3). The van der Waals surface area contributed by atoms with Crippen molar-refractivity contribution >= 4 is 64.1 Å². The summed E-state index contributed by atoms with van der Waals surface area (Å²) < 4.78 is 5.10. The quantitative estimate of drug-likeness (QED) is 0.369. The van der Waals surface area contributed by atoms with E-state index in [9.17, 15) is 4.79 Å². The summed E-state index contributed by atoms with van der Waals surface area (Å²) in [5, 5.41) is 8.13. The van der Waals surface area contributed by atoms with E-state index in [1.54, 1.807) is 11.3 Å². The summed E-state index contributed by atoms with van der Waals surface area (Å²) in [5.41, 5.74) is 1.75. The smallest absolute Gasteiger partial charge is 0.356 e. The van der Waals surface area contributed by atoms with Crippen LogP contribution in [0.4, 0.5) is 0 Å². The van der Waals surface area contributed by atoms with E-state index in [1.807, 2.05) is 21.9 Å². The van der Waals surface area contributed by atoms with Gasteiger partial charge in [0.2, 0.25) is 0 Å². The van der Waals surface area contributed by atoms with Gasteiger partial charge < -0.3 is 9.84 Å². The van der Waals surface area contributed by atoms with Crippen LogP contribution in [0, 0.1) is 0 Å². The van der Waals surface area contributed by atoms with Crippen molar-refractivity contribution in [3.05, 3.63) is 28.3 Å². The minimum atomic E-state index is -0.306. The molecule has 2 aromatic heterocycles. The van der Waals surface area contributed by atoms with E-state index in [0.29, 0.717) is 18.2 Å². The predicted molar refractivity (Wildman–Crippen MR) is 106 cm³/mol. The number of carbonyl (C=O) groups excluding carboxylic acids is 1. The van der Waals surface area contributed by atoms with E-state index < -0.39 is 0 Å². The lowest BCUT2D eigenvalue weighted by Crippen LogP contribution is -2.07. The van der Waals surface area contributed by atoms with Crippen molar-refractivity contribution in [3.63, 3.8) is 0 Å². The molecule has 1 N–H and O–H groups in total. The highest BCUT2D eigenvalue weighted by molar-refractivity contribution is 14.2. The molecule has 5 nitrogen and oxygen atoms in total. The van der Waals surface area contributed by atoms with Crippen LogP contribution in [0.5, 0.6) is 0 Å². The number of nitrogens with zero attached hydrogens (tertiary/aromatic N) is 1. The Balaban J connectivity index is 0.000000647. The summed E-state index contributed by atoms with van der Waals surface area (Å²) in [4.78, 5) is 27.2. The predicted octanol–water partition coefficient (Wildman–Crippen LogP) is 4.68. The van der Waals surface area contributed by atoms with Crippen LogP contribution in [-0.2, 0) is 16.0 Å². The Morgan fingerprint density at radius 2 is 2.25 bits per heavy atom. The SMILES string of the molecule is CCOC(=O)c1cc(C2CC2)c2cc(CCSI)sc2n1.O=CO. The number of aryl methyl sites for hydroxylation is 1. The molecule has 1 fully saturated rings. The molecule has 2 aromatic rings. The van der Waals surface area contributed by atoms with Gasteiger partial charge in [0, 0.05) is 16.0 Å². The topological polar surface area (TPSA) is 76.5 Å². The highest BCUT2D eigenvalue weighted by Gasteiger charge is 2.28. The number of carbonyl (C=O) groups is 2. The first-order valence-corrected chi connectivity index (χ1v) is 11.9. The summed E-state index contributed by atoms with van der Waals surface area (Å²) in [7, 11) is 1.83. The second kappa shape index (κ2) is 9.57. The first-order valence-electron chi connectivity index (χ1n) is 7.56. The van der Waals surface area contributed by atoms with Crippen LogP contribution in [0.2, 0.25) is 0 Å². The monoisotopic (exact) mass is 479 g/mol. The molecule has 1 saturated carbocycles. The van der Waals surface area contributed by atoms with Crippen molar-refractivity contribution in [3.8, 4) is 0 Å². The third-order valence-electron chi connectivity index (χ3n) is 3.52. The molecule has 130 valence electrons. The van der Waals surface area contributed by atoms with Gasteiger partial charge in [-0.3, -0.25) is 4.79 Å². The number of thiophene rings is 1. The maximum Gasteiger partial charge on any atom is 0.356 e. The van der Waals surface area contributed by atoms with E-state index >= 15 is 0 Å². The van der Waals surface area contributed by atoms with Gasteiger partial charge in [0.05, 0.1) is 6.61 Å². The lowest BCUT2D eigenvalue weighted by Gasteiger charge is -2.05. The molecule has 0 aliphatic heterocycles. The van der Waals surface area contributed by atoms with Gasteiger partial charge in [0.25, 0.3) is 6.47 Å². The number of halogens is 1. The lowest BCUT2D eigenvalue weighted by atomic mass is 10.1. The molecule has 2 heterocycles. The molecule has 0 saturated heterocycles. The van der Waals surface area contributed by atoms with E-state index in [-0.39, 0.29) is 12.4 Å². The first-order chi connectivity index (χ1) is 11.6. The van der Waals surface area contributed by atoms with E-state index in [1.165, 1.54) is 28.7 Å². The van der Waals surface area contributed by atoms with Gasteiger partial charge in [-0.1, -0.05) is 8.93 Å². The molecule has 0 unspecified atom stereocenters. The zero-order valence-corrected chi connectivity index (χ0v) is 16.9. The number of ether oxygens (including phenoxy) is 1. The fourth-order valence-electron chi connectivity index (χ4n) is 2.39. The van der Waals surface area contributed by atoms with Crippen LogP contribution in [0.3, 0.4) is 0 Å². The minimum Gasteiger partial charge on any atom is -0.483 e. The Bertz CT molecular complexity index is 715. The number of esters is 1. The molecule has 8 heteroatoms. The zero-order valence-electron chi connectivity index (χ0n) is 13.2. The second-order valence-corrected chi connectivity index (χ2v) is 8.80. The number of hydrogen-bond acceptors (Lipinski definition) is 6. The number of hydrogen-bond donors (Lipinski definition) is 1. The Kier molecular flexibility index (Phi) is 7.76. The molecule has 3 rings (SSSR count). The minimum absolute atomic E-state index is 0.250. The van der Waals surface area contributed by atoms with Gasteiger partial charge in [-0.05, 0) is 71.0 Å². The Labute approximate surface area is 160 Å². The molecule has 0 bridgehead atoms. The lowest BCUT2D eigenvalue weighted by molar-refractivity contribution is -0.122. The van der Waals surface area contributed by atoms with Crippen LogP contribution in [0.25, 0.3) is 10.2 Å². The maximum atomic E-state index is 12.0. The fraction of sp³-hybridized carbons (Fsp3) is 0.438. The van der Waals surface area contributed by atoms with E-state index in [0.717, 1.165) is 17.0 Å². The van der Waals surface area contributed by atoms with Crippen LogP contribution in [0.1, 0.15) is 46.6 Å². The zero-order chi connectivity index (χ0) is 17.5. The van der Waals surface area contributed by atoms with Crippen LogP contribution < -0.4 is 0 Å². The number of rotatable bonds is 6. The Morgan fingerprint density at radius 3 is 2.83 bits per heavy atom. The molecule has 24 heavy (non-hydrogen) atoms. The summed E-state index contributed by atoms with van der Waals surface area (Å²) in [6.07, 6.45) is 3.50. The highest BCUT2D eigenvalue weighted by atomic mass is 127. The second-order valence-electron chi connectivity index (χ2n) is 5.19. The molecule has 1 aliphatic carbocycles. The largest absolute Gasteiger partial charge is 0.483 e. The third-order valence-corrected chi connectivity index (χ3v) is 6.28. The first kappa shape index (κ1) is 19.5. The van der Waals surface area contributed by atoms with Crippen molar-refractivity contribution in [1.82, 2.24) is 4.98 Å². The van der Waals surface area contributed by atoms with Gasteiger partial charge in [-0.2, -0.15) is 0 Å². The van der Waals surface area contributed by atoms with Gasteiger partial charge in [-0.25, -0.2) is 9.78 Å². The summed E-state index contributed by atoms with van der Waals surface area (Å²) >= 11 is 4.04. The number of pyridine rings is 1. The van der Waals surface area contributed by atoms with Crippen LogP contribution >= 0.6 is 41.5 Å². The number of fused-ring (bicyclic) bond motifs is 1. The van der Waals surface area contributed by atoms with Gasteiger partial charge >= 0.3 is 5.97 Å². The molecule has 1 aliphatic rings. The summed E-state index contributed by atoms with van der Waals surface area (Å²) in [6, 6.07) is 4.21. The van der Waals surface area contributed by atoms with Crippen molar-refractivity contribution in [1.29, 1.82) is 0 Å². The van der Waals surface area contributed by atoms with Gasteiger partial charge in [0.1, 0.15) is 10.5 Å². The van der Waals surface area contributed by atoms with E-state index in [4.69, 9.17) is 14.6 Å².